The van der Waals surface area contributed by atoms with Crippen molar-refractivity contribution >= 4 is 94.2 Å². The molecule has 0 radical (unpaired) electrons. The summed E-state index contributed by atoms with van der Waals surface area (Å²) < 4.78 is 7.47. The third-order valence-electron chi connectivity index (χ3n) is 14.8. The fraction of sp³-hybridized carbons (Fsp3) is 0. The molecular formula is C66H45N3Si. The average Bonchev–Trinajstić information content (AvgIpc) is 4.09. The molecule has 0 bridgehead atoms. The van der Waals surface area contributed by atoms with Gasteiger partial charge in [0.25, 0.3) is 0 Å². The van der Waals surface area contributed by atoms with E-state index in [2.05, 4.69) is 287 Å². The first kappa shape index (κ1) is 40.1. The smallest absolute Gasteiger partial charge is 0.180 e. The van der Waals surface area contributed by atoms with E-state index in [4.69, 9.17) is 0 Å². The summed E-state index contributed by atoms with van der Waals surface area (Å²) in [7, 11) is -3.15. The van der Waals surface area contributed by atoms with Gasteiger partial charge in [-0.25, -0.2) is 0 Å². The number of aromatic nitrogens is 3. The normalized spacial score (nSPS) is 12.0. The molecule has 0 fully saturated rings. The van der Waals surface area contributed by atoms with Crippen LogP contribution in [0.4, 0.5) is 0 Å². The summed E-state index contributed by atoms with van der Waals surface area (Å²) >= 11 is 0. The van der Waals surface area contributed by atoms with Crippen molar-refractivity contribution in [2.45, 2.75) is 0 Å². The van der Waals surface area contributed by atoms with Gasteiger partial charge in [0.2, 0.25) is 0 Å². The minimum atomic E-state index is -3.15. The van der Waals surface area contributed by atoms with Crippen LogP contribution in [0.2, 0.25) is 0 Å². The highest BCUT2D eigenvalue weighted by molar-refractivity contribution is 7.20. The Kier molecular flexibility index (Phi) is 9.23. The van der Waals surface area contributed by atoms with Crippen molar-refractivity contribution in [2.75, 3.05) is 0 Å². The van der Waals surface area contributed by atoms with Crippen LogP contribution in [-0.4, -0.2) is 21.8 Å². The SMILES string of the molecule is c1ccc(-c2cccc(-n3c4ccccc4c4c(-n5c6ccccc6c6c([Si](c7ccccc7)(c7ccccc7)c7cccc(-n8c9ccccc9c9ccccc98)c7)cccc65)cccc43)c2)cc1. The quantitative estimate of drug-likeness (QED) is 0.107. The third kappa shape index (κ3) is 5.94. The molecule has 0 aliphatic carbocycles. The van der Waals surface area contributed by atoms with Gasteiger partial charge in [-0.15, -0.1) is 0 Å². The van der Waals surface area contributed by atoms with Crippen LogP contribution in [0, 0.1) is 0 Å². The third-order valence-corrected chi connectivity index (χ3v) is 19.6. The van der Waals surface area contributed by atoms with E-state index in [0.717, 1.165) is 17.1 Å². The summed E-state index contributed by atoms with van der Waals surface area (Å²) in [6, 6.07) is 102. The Morgan fingerprint density at radius 3 is 1.27 bits per heavy atom. The molecule has 0 N–H and O–H groups in total. The molecule has 14 aromatic rings. The fourth-order valence-electron chi connectivity index (χ4n) is 11.9. The van der Waals surface area contributed by atoms with Crippen molar-refractivity contribution in [3.63, 3.8) is 0 Å². The summed E-state index contributed by atoms with van der Waals surface area (Å²) in [5.74, 6) is 0. The number of fused-ring (bicyclic) bond motifs is 9. The van der Waals surface area contributed by atoms with Crippen molar-refractivity contribution in [3.8, 4) is 28.2 Å². The summed E-state index contributed by atoms with van der Waals surface area (Å²) in [5, 5.41) is 12.9. The van der Waals surface area contributed by atoms with Crippen LogP contribution in [0.3, 0.4) is 0 Å². The second kappa shape index (κ2) is 16.1. The van der Waals surface area contributed by atoms with E-state index in [1.807, 2.05) is 0 Å². The number of para-hydroxylation sites is 4. The molecule has 0 saturated carbocycles. The highest BCUT2D eigenvalue weighted by Crippen LogP contribution is 2.41. The Bertz CT molecular complexity index is 4200. The van der Waals surface area contributed by atoms with Gasteiger partial charge in [-0.3, -0.25) is 0 Å². The molecule has 0 aliphatic heterocycles. The van der Waals surface area contributed by atoms with Crippen LogP contribution in [0.15, 0.2) is 273 Å². The topological polar surface area (TPSA) is 14.8 Å². The van der Waals surface area contributed by atoms with Gasteiger partial charge < -0.3 is 13.7 Å². The molecule has 0 saturated heterocycles. The predicted molar refractivity (Wildman–Crippen MR) is 299 cm³/mol. The molecule has 70 heavy (non-hydrogen) atoms. The molecule has 0 atom stereocenters. The molecule has 0 unspecified atom stereocenters. The van der Waals surface area contributed by atoms with E-state index in [0.29, 0.717) is 0 Å². The van der Waals surface area contributed by atoms with Gasteiger partial charge in [0.1, 0.15) is 0 Å². The average molecular weight is 908 g/mol. The Morgan fingerprint density at radius 1 is 0.243 bits per heavy atom. The Hall–Kier alpha value is -8.96. The van der Waals surface area contributed by atoms with Gasteiger partial charge in [-0.2, -0.15) is 0 Å². The second-order valence-corrected chi connectivity index (χ2v) is 22.2. The van der Waals surface area contributed by atoms with Gasteiger partial charge in [-0.1, -0.05) is 206 Å². The lowest BCUT2D eigenvalue weighted by atomic mass is 10.1. The first-order chi connectivity index (χ1) is 34.8. The second-order valence-electron chi connectivity index (χ2n) is 18.4. The number of benzene rings is 11. The van der Waals surface area contributed by atoms with E-state index in [1.165, 1.54) is 97.3 Å². The number of hydrogen-bond acceptors (Lipinski definition) is 0. The molecule has 0 spiro atoms. The van der Waals surface area contributed by atoms with Gasteiger partial charge in [0.05, 0.1) is 38.8 Å². The molecular weight excluding hydrogens is 863 g/mol. The van der Waals surface area contributed by atoms with E-state index < -0.39 is 8.07 Å². The Labute approximate surface area is 407 Å². The van der Waals surface area contributed by atoms with Crippen LogP contribution in [0.5, 0.6) is 0 Å². The first-order valence-electron chi connectivity index (χ1n) is 24.2. The summed E-state index contributed by atoms with van der Waals surface area (Å²) in [4.78, 5) is 0. The minimum absolute atomic E-state index is 1.14. The molecule has 3 nitrogen and oxygen atoms in total. The van der Waals surface area contributed by atoms with Crippen LogP contribution in [-0.2, 0) is 0 Å². The van der Waals surface area contributed by atoms with E-state index in [1.54, 1.807) is 0 Å². The summed E-state index contributed by atoms with van der Waals surface area (Å²) in [6.07, 6.45) is 0. The molecule has 0 aliphatic rings. The number of nitrogens with zero attached hydrogens (tertiary/aromatic N) is 3. The lowest BCUT2D eigenvalue weighted by Gasteiger charge is -2.35. The van der Waals surface area contributed by atoms with Crippen LogP contribution in [0.25, 0.3) is 93.6 Å². The monoisotopic (exact) mass is 907 g/mol. The molecule has 4 heteroatoms. The highest BCUT2D eigenvalue weighted by Gasteiger charge is 2.43. The van der Waals surface area contributed by atoms with Crippen molar-refractivity contribution in [2.24, 2.45) is 0 Å². The molecule has 0 amide bonds. The summed E-state index contributed by atoms with van der Waals surface area (Å²) in [5.41, 5.74) is 13.0. The lowest BCUT2D eigenvalue weighted by Crippen LogP contribution is -2.74. The Balaban J connectivity index is 1.07. The maximum Gasteiger partial charge on any atom is 0.180 e. The van der Waals surface area contributed by atoms with E-state index in [9.17, 15) is 0 Å². The molecule has 3 aromatic heterocycles. The zero-order valence-corrected chi connectivity index (χ0v) is 39.3. The Morgan fingerprint density at radius 2 is 0.643 bits per heavy atom. The van der Waals surface area contributed by atoms with Crippen LogP contribution < -0.4 is 20.7 Å². The van der Waals surface area contributed by atoms with Gasteiger partial charge in [0.15, 0.2) is 8.07 Å². The van der Waals surface area contributed by atoms with E-state index >= 15 is 0 Å². The van der Waals surface area contributed by atoms with Gasteiger partial charge in [-0.05, 0) is 98.6 Å². The van der Waals surface area contributed by atoms with E-state index in [-0.39, 0.29) is 0 Å². The van der Waals surface area contributed by atoms with Crippen molar-refractivity contribution < 1.29 is 0 Å². The predicted octanol–water partition coefficient (Wildman–Crippen LogP) is 14.0. The molecule has 328 valence electrons. The van der Waals surface area contributed by atoms with Crippen LogP contribution >= 0.6 is 0 Å². The van der Waals surface area contributed by atoms with Gasteiger partial charge >= 0.3 is 0 Å². The zero-order valence-electron chi connectivity index (χ0n) is 38.3. The largest absolute Gasteiger partial charge is 0.309 e. The minimum Gasteiger partial charge on any atom is -0.309 e. The first-order valence-corrected chi connectivity index (χ1v) is 26.2. The maximum atomic E-state index is 2.55. The molecule has 11 aromatic carbocycles. The molecule has 3 heterocycles. The van der Waals surface area contributed by atoms with Crippen molar-refractivity contribution in [1.29, 1.82) is 0 Å². The van der Waals surface area contributed by atoms with Gasteiger partial charge in [0, 0.05) is 43.7 Å². The zero-order chi connectivity index (χ0) is 46.2. The standard InChI is InChI=1S/C66H45N3Si/c1-4-22-46(23-5-1)47-24-18-25-48(44-47)68-59-38-16-12-34-55(59)65-61(68)40-20-41-62(65)69-60-39-17-13-35-56(60)66-63(69)42-21-43-64(66)70(50-27-6-2-7-28-50,51-29-8-3-9-30-51)52-31-19-26-49(45-52)67-57-36-14-10-32-53(57)54-33-11-15-37-58(54)67/h1-45H. The number of hydrogen-bond donors (Lipinski definition) is 0. The number of rotatable bonds is 8. The summed E-state index contributed by atoms with van der Waals surface area (Å²) in [6.45, 7) is 0. The fourth-order valence-corrected chi connectivity index (χ4v) is 16.9. The van der Waals surface area contributed by atoms with Crippen LogP contribution in [0.1, 0.15) is 0 Å². The maximum absolute atomic E-state index is 3.15. The van der Waals surface area contributed by atoms with Crippen molar-refractivity contribution in [1.82, 2.24) is 13.7 Å². The molecule has 14 rings (SSSR count). The highest BCUT2D eigenvalue weighted by atomic mass is 28.3. The lowest BCUT2D eigenvalue weighted by molar-refractivity contribution is 1.17. The van der Waals surface area contributed by atoms with Crippen molar-refractivity contribution in [3.05, 3.63) is 273 Å².